The van der Waals surface area contributed by atoms with Gasteiger partial charge in [-0.25, -0.2) is 0 Å². The number of anilines is 1. The molecule has 0 saturated carbocycles. The Kier molecular flexibility index (Phi) is 5.46. The topological polar surface area (TPSA) is 29.5 Å². The van der Waals surface area contributed by atoms with Crippen molar-refractivity contribution in [2.24, 2.45) is 0 Å². The van der Waals surface area contributed by atoms with Crippen molar-refractivity contribution in [1.29, 1.82) is 0 Å². The molecule has 0 bridgehead atoms. The largest absolute Gasteiger partial charge is 0.435 e. The number of alkyl halides is 2. The number of allylic oxidation sites excluding steroid dienone is 1. The van der Waals surface area contributed by atoms with Gasteiger partial charge in [0, 0.05) is 25.3 Å². The minimum absolute atomic E-state index is 0.0328. The molecule has 0 spiro atoms. The Morgan fingerprint density at radius 3 is 2.43 bits per heavy atom. The van der Waals surface area contributed by atoms with E-state index in [2.05, 4.69) is 4.74 Å². The third-order valence-corrected chi connectivity index (χ3v) is 3.18. The van der Waals surface area contributed by atoms with Crippen molar-refractivity contribution in [1.82, 2.24) is 0 Å². The monoisotopic (exact) mass is 317 g/mol. The molecule has 0 aliphatic rings. The second kappa shape index (κ2) is 7.54. The molecule has 0 atom stereocenters. The summed E-state index contributed by atoms with van der Waals surface area (Å²) in [6.45, 7) is -2.91. The van der Waals surface area contributed by atoms with E-state index in [9.17, 15) is 13.6 Å². The van der Waals surface area contributed by atoms with Crippen LogP contribution in [0.2, 0.25) is 0 Å². The minimum Gasteiger partial charge on any atom is -0.435 e. The van der Waals surface area contributed by atoms with Gasteiger partial charge in [-0.3, -0.25) is 4.79 Å². The highest BCUT2D eigenvalue weighted by atomic mass is 19.3. The van der Waals surface area contributed by atoms with E-state index < -0.39 is 6.61 Å². The number of carbonyl (C=O) groups excluding carboxylic acids is 1. The zero-order chi connectivity index (χ0) is 16.8. The average Bonchev–Trinajstić information content (AvgIpc) is 2.52. The molecule has 0 fully saturated rings. The normalized spacial score (nSPS) is 11.0. The summed E-state index contributed by atoms with van der Waals surface area (Å²) >= 11 is 0. The van der Waals surface area contributed by atoms with Crippen LogP contribution in [0.3, 0.4) is 0 Å². The fourth-order valence-corrected chi connectivity index (χ4v) is 1.98. The van der Waals surface area contributed by atoms with Crippen LogP contribution >= 0.6 is 0 Å². The number of carbonyl (C=O) groups is 1. The third-order valence-electron chi connectivity index (χ3n) is 3.18. The first kappa shape index (κ1) is 16.7. The zero-order valence-corrected chi connectivity index (χ0v) is 12.9. The highest BCUT2D eigenvalue weighted by Gasteiger charge is 2.07. The molecule has 0 heterocycles. The van der Waals surface area contributed by atoms with Gasteiger partial charge in [-0.15, -0.1) is 0 Å². The third kappa shape index (κ3) is 4.92. The maximum absolute atomic E-state index is 12.2. The predicted molar refractivity (Wildman–Crippen MR) is 87.2 cm³/mol. The summed E-state index contributed by atoms with van der Waals surface area (Å²) in [7, 11) is 3.89. The molecule has 23 heavy (non-hydrogen) atoms. The zero-order valence-electron chi connectivity index (χ0n) is 12.9. The molecule has 0 unspecified atom stereocenters. The summed E-state index contributed by atoms with van der Waals surface area (Å²) in [6, 6.07) is 13.4. The molecule has 120 valence electrons. The van der Waals surface area contributed by atoms with Gasteiger partial charge < -0.3 is 9.64 Å². The molecule has 0 aliphatic heterocycles. The molecule has 0 saturated heterocycles. The fraction of sp³-hybridized carbons (Fsp3) is 0.167. The smallest absolute Gasteiger partial charge is 0.387 e. The molecule has 0 aromatic heterocycles. The van der Waals surface area contributed by atoms with E-state index in [1.807, 2.05) is 43.3 Å². The summed E-state index contributed by atoms with van der Waals surface area (Å²) in [4.78, 5) is 14.1. The molecular formula is C18H17F2NO2. The number of hydrogen-bond acceptors (Lipinski definition) is 3. The van der Waals surface area contributed by atoms with Crippen molar-refractivity contribution in [3.63, 3.8) is 0 Å². The van der Waals surface area contributed by atoms with Crippen LogP contribution < -0.4 is 9.64 Å². The molecule has 2 aromatic carbocycles. The second-order valence-corrected chi connectivity index (χ2v) is 5.09. The lowest BCUT2D eigenvalue weighted by Crippen LogP contribution is -2.07. The highest BCUT2D eigenvalue weighted by Crippen LogP contribution is 2.17. The van der Waals surface area contributed by atoms with Crippen LogP contribution in [0.4, 0.5) is 14.5 Å². The Hall–Kier alpha value is -2.69. The standard InChI is InChI=1S/C18H17F2NO2/c1-21(2)15-9-6-13(7-10-15)8-11-17(22)14-4-3-5-16(12-14)23-18(19)20/h3-12,18H,1-2H3/b11-8+. The first-order valence-electron chi connectivity index (χ1n) is 7.00. The first-order valence-corrected chi connectivity index (χ1v) is 7.00. The lowest BCUT2D eigenvalue weighted by atomic mass is 10.1. The lowest BCUT2D eigenvalue weighted by molar-refractivity contribution is -0.0498. The maximum Gasteiger partial charge on any atom is 0.387 e. The Morgan fingerprint density at radius 1 is 1.13 bits per heavy atom. The Bertz CT molecular complexity index is 694. The Labute approximate surface area is 133 Å². The van der Waals surface area contributed by atoms with Crippen molar-refractivity contribution in [3.8, 4) is 5.75 Å². The van der Waals surface area contributed by atoms with Crippen LogP contribution in [0.5, 0.6) is 5.75 Å². The summed E-state index contributed by atoms with van der Waals surface area (Å²) in [5.74, 6) is -0.309. The number of hydrogen-bond donors (Lipinski definition) is 0. The molecule has 5 heteroatoms. The second-order valence-electron chi connectivity index (χ2n) is 5.09. The van der Waals surface area contributed by atoms with Gasteiger partial charge in [0.2, 0.25) is 0 Å². The predicted octanol–water partition coefficient (Wildman–Crippen LogP) is 4.25. The fourth-order valence-electron chi connectivity index (χ4n) is 1.98. The number of ketones is 1. The van der Waals surface area contributed by atoms with Gasteiger partial charge in [-0.1, -0.05) is 30.3 Å². The van der Waals surface area contributed by atoms with Crippen molar-refractivity contribution in [3.05, 3.63) is 65.7 Å². The number of nitrogens with zero attached hydrogens (tertiary/aromatic N) is 1. The first-order chi connectivity index (χ1) is 11.0. The van der Waals surface area contributed by atoms with E-state index in [1.165, 1.54) is 24.3 Å². The summed E-state index contributed by atoms with van der Waals surface area (Å²) in [5.41, 5.74) is 2.23. The Morgan fingerprint density at radius 2 is 1.83 bits per heavy atom. The van der Waals surface area contributed by atoms with E-state index in [4.69, 9.17) is 0 Å². The SMILES string of the molecule is CN(C)c1ccc(/C=C/C(=O)c2cccc(OC(F)F)c2)cc1. The van der Waals surface area contributed by atoms with Gasteiger partial charge >= 0.3 is 6.61 Å². The molecule has 0 amide bonds. The summed E-state index contributed by atoms with van der Waals surface area (Å²) in [6.07, 6.45) is 3.09. The number of ether oxygens (including phenoxy) is 1. The van der Waals surface area contributed by atoms with Crippen LogP contribution in [0.1, 0.15) is 15.9 Å². The van der Waals surface area contributed by atoms with Gasteiger partial charge in [0.1, 0.15) is 5.75 Å². The maximum atomic E-state index is 12.2. The van der Waals surface area contributed by atoms with Crippen LogP contribution in [-0.2, 0) is 0 Å². The molecular weight excluding hydrogens is 300 g/mol. The molecule has 2 rings (SSSR count). The quantitative estimate of drug-likeness (QED) is 0.589. The van der Waals surface area contributed by atoms with Crippen LogP contribution in [0.25, 0.3) is 6.08 Å². The van der Waals surface area contributed by atoms with Gasteiger partial charge in [0.05, 0.1) is 0 Å². The van der Waals surface area contributed by atoms with Crippen molar-refractivity contribution >= 4 is 17.5 Å². The van der Waals surface area contributed by atoms with Crippen LogP contribution in [0, 0.1) is 0 Å². The van der Waals surface area contributed by atoms with E-state index in [0.29, 0.717) is 5.56 Å². The van der Waals surface area contributed by atoms with Crippen molar-refractivity contribution in [2.75, 3.05) is 19.0 Å². The summed E-state index contributed by atoms with van der Waals surface area (Å²) in [5, 5.41) is 0. The molecule has 2 aromatic rings. The lowest BCUT2D eigenvalue weighted by Gasteiger charge is -2.11. The van der Waals surface area contributed by atoms with E-state index in [1.54, 1.807) is 12.1 Å². The average molecular weight is 317 g/mol. The summed E-state index contributed by atoms with van der Waals surface area (Å²) < 4.78 is 28.7. The van der Waals surface area contributed by atoms with E-state index >= 15 is 0 Å². The number of benzene rings is 2. The van der Waals surface area contributed by atoms with Crippen molar-refractivity contribution in [2.45, 2.75) is 6.61 Å². The molecule has 0 radical (unpaired) electrons. The van der Waals surface area contributed by atoms with Gasteiger partial charge in [-0.05, 0) is 35.9 Å². The van der Waals surface area contributed by atoms with Gasteiger partial charge in [-0.2, -0.15) is 8.78 Å². The van der Waals surface area contributed by atoms with Crippen LogP contribution in [-0.4, -0.2) is 26.5 Å². The van der Waals surface area contributed by atoms with E-state index in [0.717, 1.165) is 11.3 Å². The minimum atomic E-state index is -2.91. The highest BCUT2D eigenvalue weighted by molar-refractivity contribution is 6.07. The van der Waals surface area contributed by atoms with Gasteiger partial charge in [0.15, 0.2) is 5.78 Å². The van der Waals surface area contributed by atoms with E-state index in [-0.39, 0.29) is 11.5 Å². The Balaban J connectivity index is 2.09. The van der Waals surface area contributed by atoms with Crippen molar-refractivity contribution < 1.29 is 18.3 Å². The molecule has 3 nitrogen and oxygen atoms in total. The molecule has 0 N–H and O–H groups in total. The van der Waals surface area contributed by atoms with Crippen LogP contribution in [0.15, 0.2) is 54.6 Å². The van der Waals surface area contributed by atoms with Gasteiger partial charge in [0.25, 0.3) is 0 Å². The number of rotatable bonds is 6. The molecule has 0 aliphatic carbocycles. The number of halogens is 2.